The van der Waals surface area contributed by atoms with Gasteiger partial charge in [-0.05, 0) is 86.2 Å². The molecule has 2 unspecified atom stereocenters. The minimum atomic E-state index is -0.163. The van der Waals surface area contributed by atoms with Crippen LogP contribution in [0.1, 0.15) is 73.1 Å². The molecule has 4 rings (SSSR count). The van der Waals surface area contributed by atoms with E-state index in [4.69, 9.17) is 0 Å². The molecule has 0 aromatic carbocycles. The van der Waals surface area contributed by atoms with Crippen LogP contribution in [0.15, 0.2) is 23.3 Å². The average molecular weight is 341 g/mol. The molecule has 4 aliphatic rings. The predicted octanol–water partition coefficient (Wildman–Crippen LogP) is 5.28. The molecule has 2 saturated carbocycles. The lowest BCUT2D eigenvalue weighted by molar-refractivity contribution is -0.136. The summed E-state index contributed by atoms with van der Waals surface area (Å²) in [6.07, 6.45) is 10.7. The van der Waals surface area contributed by atoms with Crippen LogP contribution in [0, 0.1) is 34.0 Å². The van der Waals surface area contributed by atoms with E-state index < -0.39 is 0 Å². The van der Waals surface area contributed by atoms with E-state index >= 15 is 0 Å². The van der Waals surface area contributed by atoms with Gasteiger partial charge in [0.2, 0.25) is 0 Å². The second kappa shape index (κ2) is 5.18. The van der Waals surface area contributed by atoms with Crippen LogP contribution in [0.5, 0.6) is 0 Å². The van der Waals surface area contributed by atoms with Gasteiger partial charge >= 0.3 is 0 Å². The van der Waals surface area contributed by atoms with Gasteiger partial charge in [0.25, 0.3) is 0 Å². The molecule has 4 aliphatic carbocycles. The lowest BCUT2D eigenvalue weighted by Crippen LogP contribution is -2.52. The average Bonchev–Trinajstić information content (AvgIpc) is 2.83. The van der Waals surface area contributed by atoms with Crippen LogP contribution >= 0.6 is 0 Å². The Morgan fingerprint density at radius 3 is 2.44 bits per heavy atom. The van der Waals surface area contributed by atoms with E-state index in [1.807, 2.05) is 6.08 Å². The first-order valence-corrected chi connectivity index (χ1v) is 10.1. The van der Waals surface area contributed by atoms with Crippen molar-refractivity contribution in [3.63, 3.8) is 0 Å². The Labute approximate surface area is 152 Å². The molecule has 6 atom stereocenters. The molecule has 0 aromatic rings. The Balaban J connectivity index is 1.80. The standard InChI is InChI=1S/C23H32O2/c1-14-12-17-18(21(3)9-6-16(25)13-20(14)21)7-11-23(5)19(17)8-10-22(23,4)15(2)24/h12-13,17-19H,6-11H2,1-5H3/t17-,18+,19+,21?,22-,23?/m1/s1. The maximum Gasteiger partial charge on any atom is 0.156 e. The van der Waals surface area contributed by atoms with E-state index in [1.165, 1.54) is 24.0 Å². The van der Waals surface area contributed by atoms with Crippen LogP contribution in [0.4, 0.5) is 0 Å². The third kappa shape index (κ3) is 2.03. The van der Waals surface area contributed by atoms with E-state index in [1.54, 1.807) is 6.92 Å². The lowest BCUT2D eigenvalue weighted by atomic mass is 9.46. The topological polar surface area (TPSA) is 34.1 Å². The van der Waals surface area contributed by atoms with Gasteiger partial charge in [-0.3, -0.25) is 9.59 Å². The second-order valence-corrected chi connectivity index (χ2v) is 9.96. The van der Waals surface area contributed by atoms with Crippen molar-refractivity contribution in [1.82, 2.24) is 0 Å². The molecule has 0 aliphatic heterocycles. The van der Waals surface area contributed by atoms with Gasteiger partial charge < -0.3 is 0 Å². The molecule has 0 saturated heterocycles. The van der Waals surface area contributed by atoms with Gasteiger partial charge in [0.05, 0.1) is 0 Å². The van der Waals surface area contributed by atoms with Crippen LogP contribution in [0.2, 0.25) is 0 Å². The van der Waals surface area contributed by atoms with Gasteiger partial charge in [-0.25, -0.2) is 0 Å². The number of carbonyl (C=O) groups excluding carboxylic acids is 2. The SMILES string of the molecule is CC(=O)[C@@]1(C)CC[C@H]2[C@@H]3C=C(C)C4=CC(=O)CCC4(C)[C@H]3CCC21C. The van der Waals surface area contributed by atoms with Gasteiger partial charge in [-0.1, -0.05) is 32.4 Å². The first kappa shape index (κ1) is 17.2. The molecule has 136 valence electrons. The highest BCUT2D eigenvalue weighted by atomic mass is 16.1. The summed E-state index contributed by atoms with van der Waals surface area (Å²) in [6, 6.07) is 0. The molecule has 0 radical (unpaired) electrons. The predicted molar refractivity (Wildman–Crippen MR) is 100 cm³/mol. The van der Waals surface area contributed by atoms with Crippen molar-refractivity contribution in [2.75, 3.05) is 0 Å². The van der Waals surface area contributed by atoms with Crippen molar-refractivity contribution >= 4 is 11.6 Å². The maximum absolute atomic E-state index is 12.5. The highest BCUT2D eigenvalue weighted by molar-refractivity contribution is 5.92. The molecule has 0 N–H and O–H groups in total. The van der Waals surface area contributed by atoms with E-state index in [0.29, 0.717) is 35.7 Å². The summed E-state index contributed by atoms with van der Waals surface area (Å²) in [5.74, 6) is 2.47. The minimum absolute atomic E-state index is 0.124. The Morgan fingerprint density at radius 2 is 1.76 bits per heavy atom. The number of ketones is 2. The molecule has 0 bridgehead atoms. The summed E-state index contributed by atoms with van der Waals surface area (Å²) in [5, 5.41) is 0. The summed E-state index contributed by atoms with van der Waals surface area (Å²) in [7, 11) is 0. The fraction of sp³-hybridized carbons (Fsp3) is 0.739. The van der Waals surface area contributed by atoms with Crippen LogP contribution in [-0.2, 0) is 9.59 Å². The van der Waals surface area contributed by atoms with E-state index in [2.05, 4.69) is 33.8 Å². The molecule has 0 spiro atoms. The largest absolute Gasteiger partial charge is 0.299 e. The summed E-state index contributed by atoms with van der Waals surface area (Å²) in [4.78, 5) is 24.5. The highest BCUT2D eigenvalue weighted by Gasteiger charge is 2.63. The zero-order valence-electron chi connectivity index (χ0n) is 16.4. The molecule has 0 aromatic heterocycles. The van der Waals surface area contributed by atoms with E-state index in [0.717, 1.165) is 19.3 Å². The number of hydrogen-bond donors (Lipinski definition) is 0. The number of fused-ring (bicyclic) bond motifs is 5. The van der Waals surface area contributed by atoms with Crippen LogP contribution in [0.3, 0.4) is 0 Å². The zero-order valence-corrected chi connectivity index (χ0v) is 16.4. The van der Waals surface area contributed by atoms with Crippen molar-refractivity contribution in [2.24, 2.45) is 34.0 Å². The van der Waals surface area contributed by atoms with Crippen LogP contribution < -0.4 is 0 Å². The third-order valence-electron chi connectivity index (χ3n) is 9.21. The first-order chi connectivity index (χ1) is 11.6. The smallest absolute Gasteiger partial charge is 0.156 e. The number of Topliss-reactive ketones (excluding diaryl/α,β-unsaturated/α-hetero) is 1. The first-order valence-electron chi connectivity index (χ1n) is 10.1. The molecule has 2 fully saturated rings. The van der Waals surface area contributed by atoms with Gasteiger partial charge in [0.15, 0.2) is 5.78 Å². The molecular weight excluding hydrogens is 308 g/mol. The van der Waals surface area contributed by atoms with Gasteiger partial charge in [-0.15, -0.1) is 0 Å². The van der Waals surface area contributed by atoms with Gasteiger partial charge in [-0.2, -0.15) is 0 Å². The monoisotopic (exact) mass is 340 g/mol. The molecule has 2 nitrogen and oxygen atoms in total. The molecule has 0 heterocycles. The molecular formula is C23H32O2. The molecule has 25 heavy (non-hydrogen) atoms. The summed E-state index contributed by atoms with van der Waals surface area (Å²) < 4.78 is 0. The Bertz CT molecular complexity index is 714. The fourth-order valence-corrected chi connectivity index (χ4v) is 7.26. The zero-order chi connectivity index (χ0) is 18.2. The van der Waals surface area contributed by atoms with E-state index in [-0.39, 0.29) is 16.2 Å². The van der Waals surface area contributed by atoms with Crippen molar-refractivity contribution in [1.29, 1.82) is 0 Å². The quantitative estimate of drug-likeness (QED) is 0.651. The summed E-state index contributed by atoms with van der Waals surface area (Å²) in [6.45, 7) is 11.0. The number of rotatable bonds is 1. The number of carbonyl (C=O) groups is 2. The summed E-state index contributed by atoms with van der Waals surface area (Å²) >= 11 is 0. The molecule has 2 heteroatoms. The highest BCUT2D eigenvalue weighted by Crippen LogP contribution is 2.69. The summed E-state index contributed by atoms with van der Waals surface area (Å²) in [5.41, 5.74) is 2.73. The number of allylic oxidation sites excluding steroid dienone is 4. The Hall–Kier alpha value is -1.18. The fourth-order valence-electron chi connectivity index (χ4n) is 7.26. The molecule has 0 amide bonds. The lowest BCUT2D eigenvalue weighted by Gasteiger charge is -2.58. The second-order valence-electron chi connectivity index (χ2n) is 9.96. The maximum atomic E-state index is 12.5. The van der Waals surface area contributed by atoms with Crippen molar-refractivity contribution in [2.45, 2.75) is 73.1 Å². The third-order valence-corrected chi connectivity index (χ3v) is 9.21. The normalized spacial score (nSPS) is 48.8. The van der Waals surface area contributed by atoms with Crippen molar-refractivity contribution in [3.8, 4) is 0 Å². The van der Waals surface area contributed by atoms with Gasteiger partial charge in [0.1, 0.15) is 5.78 Å². The van der Waals surface area contributed by atoms with Crippen molar-refractivity contribution < 1.29 is 9.59 Å². The van der Waals surface area contributed by atoms with Crippen molar-refractivity contribution in [3.05, 3.63) is 23.3 Å². The number of hydrogen-bond acceptors (Lipinski definition) is 2. The van der Waals surface area contributed by atoms with Crippen LogP contribution in [0.25, 0.3) is 0 Å². The van der Waals surface area contributed by atoms with Crippen LogP contribution in [-0.4, -0.2) is 11.6 Å². The van der Waals surface area contributed by atoms with Gasteiger partial charge in [0, 0.05) is 11.8 Å². The Kier molecular flexibility index (Phi) is 3.57. The minimum Gasteiger partial charge on any atom is -0.299 e. The van der Waals surface area contributed by atoms with E-state index in [9.17, 15) is 9.59 Å². The Morgan fingerprint density at radius 1 is 1.08 bits per heavy atom.